The number of piperidine rings is 1. The Kier molecular flexibility index (Phi) is 3.92. The minimum atomic E-state index is 0. The summed E-state index contributed by atoms with van der Waals surface area (Å²) in [5.41, 5.74) is 0.784. The minimum Gasteiger partial charge on any atom is -0.342 e. The molecule has 1 amide bonds. The number of rotatable bonds is 1. The molecule has 3 aliphatic rings. The summed E-state index contributed by atoms with van der Waals surface area (Å²) < 4.78 is 0. The Labute approximate surface area is 129 Å². The van der Waals surface area contributed by atoms with E-state index in [9.17, 15) is 4.79 Å². The molecule has 4 heteroatoms. The van der Waals surface area contributed by atoms with Crippen molar-refractivity contribution in [3.8, 4) is 0 Å². The van der Waals surface area contributed by atoms with Crippen LogP contribution >= 0.6 is 12.4 Å². The van der Waals surface area contributed by atoms with Gasteiger partial charge in [-0.15, -0.1) is 12.4 Å². The molecule has 1 N–H and O–H groups in total. The van der Waals surface area contributed by atoms with Gasteiger partial charge in [-0.1, -0.05) is 27.7 Å². The number of nitrogens with zero attached hydrogens (tertiary/aromatic N) is 1. The van der Waals surface area contributed by atoms with Crippen molar-refractivity contribution in [3.05, 3.63) is 0 Å². The molecule has 1 spiro atoms. The van der Waals surface area contributed by atoms with E-state index in [1.54, 1.807) is 0 Å². The number of likely N-dealkylation sites (tertiary alicyclic amines) is 1. The van der Waals surface area contributed by atoms with Gasteiger partial charge in [0.05, 0.1) is 0 Å². The Bertz CT molecular complexity index is 385. The molecule has 2 saturated heterocycles. The lowest BCUT2D eigenvalue weighted by molar-refractivity contribution is -0.133. The molecule has 1 saturated carbocycles. The molecule has 2 aliphatic heterocycles. The van der Waals surface area contributed by atoms with Crippen LogP contribution in [-0.4, -0.2) is 37.0 Å². The quantitative estimate of drug-likeness (QED) is 0.807. The van der Waals surface area contributed by atoms with Gasteiger partial charge in [0.25, 0.3) is 0 Å². The molecule has 0 atom stereocenters. The van der Waals surface area contributed by atoms with Gasteiger partial charge in [0.2, 0.25) is 5.91 Å². The highest BCUT2D eigenvalue weighted by Gasteiger charge is 2.69. The van der Waals surface area contributed by atoms with Gasteiger partial charge in [-0.3, -0.25) is 4.79 Å². The average Bonchev–Trinajstić information content (AvgIpc) is 2.64. The fourth-order valence-corrected chi connectivity index (χ4v) is 4.48. The van der Waals surface area contributed by atoms with Crippen LogP contribution in [0.25, 0.3) is 0 Å². The standard InChI is InChI=1S/C16H28N2O.ClH/c1-14(2)12(15(14,3)4)13(19)18-10-7-16(11-18)5-8-17-9-6-16;/h12,17H,5-11H2,1-4H3;1H. The van der Waals surface area contributed by atoms with Gasteiger partial charge in [0.1, 0.15) is 0 Å². The molecule has 0 radical (unpaired) electrons. The highest BCUT2D eigenvalue weighted by Crippen LogP contribution is 2.69. The summed E-state index contributed by atoms with van der Waals surface area (Å²) >= 11 is 0. The molecule has 2 heterocycles. The number of halogens is 1. The van der Waals surface area contributed by atoms with E-state index in [1.165, 1.54) is 19.3 Å². The van der Waals surface area contributed by atoms with Crippen LogP contribution in [0, 0.1) is 22.2 Å². The van der Waals surface area contributed by atoms with Crippen molar-refractivity contribution >= 4 is 18.3 Å². The normalized spacial score (nSPS) is 30.1. The van der Waals surface area contributed by atoms with Crippen molar-refractivity contribution in [2.75, 3.05) is 26.2 Å². The van der Waals surface area contributed by atoms with Crippen LogP contribution in [0.3, 0.4) is 0 Å². The second-order valence-electron chi connectivity index (χ2n) is 8.14. The van der Waals surface area contributed by atoms with Crippen LogP contribution in [0.15, 0.2) is 0 Å². The molecule has 0 aromatic carbocycles. The SMILES string of the molecule is CC1(C)C(C(=O)N2CCC3(CCNCC3)C2)C1(C)C.Cl. The Morgan fingerprint density at radius 2 is 1.60 bits per heavy atom. The first kappa shape index (κ1) is 16.1. The van der Waals surface area contributed by atoms with Crippen LogP contribution in [0.1, 0.15) is 47.0 Å². The lowest BCUT2D eigenvalue weighted by Gasteiger charge is -2.33. The summed E-state index contributed by atoms with van der Waals surface area (Å²) in [6.45, 7) is 13.2. The van der Waals surface area contributed by atoms with Crippen LogP contribution < -0.4 is 5.32 Å². The lowest BCUT2D eigenvalue weighted by atomic mass is 9.78. The van der Waals surface area contributed by atoms with Gasteiger partial charge < -0.3 is 10.2 Å². The molecule has 0 aromatic rings. The highest BCUT2D eigenvalue weighted by molar-refractivity contribution is 5.85. The van der Waals surface area contributed by atoms with E-state index in [4.69, 9.17) is 0 Å². The number of hydrogen-bond acceptors (Lipinski definition) is 2. The molecule has 3 nitrogen and oxygen atoms in total. The third kappa shape index (κ3) is 2.18. The van der Waals surface area contributed by atoms with E-state index in [-0.39, 0.29) is 29.2 Å². The first-order chi connectivity index (χ1) is 8.80. The van der Waals surface area contributed by atoms with Gasteiger partial charge in [-0.2, -0.15) is 0 Å². The van der Waals surface area contributed by atoms with Crippen molar-refractivity contribution in [1.29, 1.82) is 0 Å². The van der Waals surface area contributed by atoms with Crippen molar-refractivity contribution in [3.63, 3.8) is 0 Å². The smallest absolute Gasteiger partial charge is 0.226 e. The van der Waals surface area contributed by atoms with E-state index >= 15 is 0 Å². The maximum atomic E-state index is 12.8. The van der Waals surface area contributed by atoms with E-state index in [0.29, 0.717) is 11.3 Å². The topological polar surface area (TPSA) is 32.3 Å². The molecule has 1 aliphatic carbocycles. The largest absolute Gasteiger partial charge is 0.342 e. The fourth-order valence-electron chi connectivity index (χ4n) is 4.48. The number of hydrogen-bond donors (Lipinski definition) is 1. The van der Waals surface area contributed by atoms with Crippen LogP contribution in [0.4, 0.5) is 0 Å². The maximum absolute atomic E-state index is 12.8. The van der Waals surface area contributed by atoms with Crippen LogP contribution in [-0.2, 0) is 4.79 Å². The zero-order valence-electron chi connectivity index (χ0n) is 13.3. The summed E-state index contributed by atoms with van der Waals surface area (Å²) in [5, 5.41) is 3.44. The van der Waals surface area contributed by atoms with E-state index < -0.39 is 0 Å². The zero-order valence-corrected chi connectivity index (χ0v) is 14.1. The Morgan fingerprint density at radius 3 is 2.10 bits per heavy atom. The van der Waals surface area contributed by atoms with Crippen LogP contribution in [0.2, 0.25) is 0 Å². The van der Waals surface area contributed by atoms with Crippen molar-refractivity contribution in [2.45, 2.75) is 47.0 Å². The molecular formula is C16H29ClN2O. The van der Waals surface area contributed by atoms with Gasteiger partial charge in [-0.05, 0) is 48.6 Å². The third-order valence-corrected chi connectivity index (χ3v) is 6.68. The third-order valence-electron chi connectivity index (χ3n) is 6.68. The monoisotopic (exact) mass is 300 g/mol. The summed E-state index contributed by atoms with van der Waals surface area (Å²) in [5.74, 6) is 0.655. The van der Waals surface area contributed by atoms with E-state index in [1.807, 2.05) is 0 Å². The van der Waals surface area contributed by atoms with E-state index in [0.717, 1.165) is 26.2 Å². The molecule has 3 fully saturated rings. The Balaban J connectivity index is 0.00000147. The van der Waals surface area contributed by atoms with Gasteiger partial charge in [0.15, 0.2) is 0 Å². The number of carbonyl (C=O) groups is 1. The van der Waals surface area contributed by atoms with Crippen molar-refractivity contribution in [2.24, 2.45) is 22.2 Å². The number of carbonyl (C=O) groups excluding carboxylic acids is 1. The number of amides is 1. The van der Waals surface area contributed by atoms with Crippen molar-refractivity contribution in [1.82, 2.24) is 10.2 Å². The van der Waals surface area contributed by atoms with Gasteiger partial charge >= 0.3 is 0 Å². The highest BCUT2D eigenvalue weighted by atomic mass is 35.5. The van der Waals surface area contributed by atoms with E-state index in [2.05, 4.69) is 37.9 Å². The molecule has 0 aromatic heterocycles. The first-order valence-corrected chi connectivity index (χ1v) is 7.80. The predicted octanol–water partition coefficient (Wildman–Crippen LogP) is 2.69. The summed E-state index contributed by atoms with van der Waals surface area (Å²) in [6, 6.07) is 0. The Hall–Kier alpha value is -0.280. The molecule has 3 rings (SSSR count). The molecule has 0 unspecified atom stereocenters. The van der Waals surface area contributed by atoms with Crippen LogP contribution in [0.5, 0.6) is 0 Å². The lowest BCUT2D eigenvalue weighted by Crippen LogP contribution is -2.40. The zero-order chi connectivity index (χ0) is 13.9. The molecule has 0 bridgehead atoms. The summed E-state index contributed by atoms with van der Waals surface area (Å²) in [4.78, 5) is 14.9. The summed E-state index contributed by atoms with van der Waals surface area (Å²) in [7, 11) is 0. The number of nitrogens with one attached hydrogen (secondary N) is 1. The minimum absolute atomic E-state index is 0. The summed E-state index contributed by atoms with van der Waals surface area (Å²) in [6.07, 6.45) is 3.70. The molecule has 116 valence electrons. The Morgan fingerprint density at radius 1 is 1.05 bits per heavy atom. The second-order valence-corrected chi connectivity index (χ2v) is 8.14. The van der Waals surface area contributed by atoms with Gasteiger partial charge in [0, 0.05) is 19.0 Å². The average molecular weight is 301 g/mol. The van der Waals surface area contributed by atoms with Crippen molar-refractivity contribution < 1.29 is 4.79 Å². The second kappa shape index (κ2) is 4.88. The molecule has 20 heavy (non-hydrogen) atoms. The van der Waals surface area contributed by atoms with Gasteiger partial charge in [-0.25, -0.2) is 0 Å². The predicted molar refractivity (Wildman–Crippen MR) is 84.0 cm³/mol. The first-order valence-electron chi connectivity index (χ1n) is 7.80. The molecular weight excluding hydrogens is 272 g/mol. The maximum Gasteiger partial charge on any atom is 0.226 e. The fraction of sp³-hybridized carbons (Fsp3) is 0.938.